The van der Waals surface area contributed by atoms with Crippen molar-refractivity contribution in [3.63, 3.8) is 0 Å². The SMILES string of the molecule is CN=C(NC1C2CCOC2C12CCC2)N(C)Cc1nc2c(s1)CCCC2. The normalized spacial score (nSPS) is 31.8. The summed E-state index contributed by atoms with van der Waals surface area (Å²) < 4.78 is 6.06. The van der Waals surface area contributed by atoms with E-state index in [0.717, 1.165) is 25.5 Å². The molecule has 142 valence electrons. The van der Waals surface area contributed by atoms with Crippen LogP contribution in [-0.2, 0) is 24.1 Å². The number of nitrogens with one attached hydrogen (secondary N) is 1. The minimum absolute atomic E-state index is 0.387. The van der Waals surface area contributed by atoms with Gasteiger partial charge in [-0.1, -0.05) is 6.42 Å². The summed E-state index contributed by atoms with van der Waals surface area (Å²) in [6.45, 7) is 1.79. The molecule has 1 spiro atoms. The first-order valence-corrected chi connectivity index (χ1v) is 11.1. The molecule has 1 N–H and O–H groups in total. The average molecular weight is 375 g/mol. The maximum absolute atomic E-state index is 6.06. The molecule has 3 aliphatic carbocycles. The Kier molecular flexibility index (Phi) is 4.24. The fourth-order valence-electron chi connectivity index (χ4n) is 5.69. The molecule has 0 radical (unpaired) electrons. The maximum atomic E-state index is 6.06. The highest BCUT2D eigenvalue weighted by Crippen LogP contribution is 2.62. The van der Waals surface area contributed by atoms with Crippen LogP contribution < -0.4 is 5.32 Å². The Bertz CT molecular complexity index is 687. The van der Waals surface area contributed by atoms with Crippen LogP contribution in [0.3, 0.4) is 0 Å². The summed E-state index contributed by atoms with van der Waals surface area (Å²) in [6, 6.07) is 0.536. The van der Waals surface area contributed by atoms with Gasteiger partial charge in [0.2, 0.25) is 0 Å². The van der Waals surface area contributed by atoms with Crippen molar-refractivity contribution in [2.45, 2.75) is 70.1 Å². The van der Waals surface area contributed by atoms with Gasteiger partial charge in [0.1, 0.15) is 5.01 Å². The van der Waals surface area contributed by atoms with Gasteiger partial charge in [-0.3, -0.25) is 4.99 Å². The second kappa shape index (κ2) is 6.48. The van der Waals surface area contributed by atoms with Gasteiger partial charge >= 0.3 is 0 Å². The number of hydrogen-bond donors (Lipinski definition) is 1. The summed E-state index contributed by atoms with van der Waals surface area (Å²) in [7, 11) is 4.05. The monoisotopic (exact) mass is 374 g/mol. The van der Waals surface area contributed by atoms with Gasteiger partial charge in [-0.2, -0.15) is 0 Å². The van der Waals surface area contributed by atoms with Gasteiger partial charge in [-0.15, -0.1) is 11.3 Å². The summed E-state index contributed by atoms with van der Waals surface area (Å²) in [5.41, 5.74) is 1.74. The van der Waals surface area contributed by atoms with E-state index in [2.05, 4.69) is 22.3 Å². The second-order valence-corrected chi connectivity index (χ2v) is 9.71. The van der Waals surface area contributed by atoms with Crippen LogP contribution in [0.15, 0.2) is 4.99 Å². The molecule has 0 aromatic carbocycles. The fourth-order valence-corrected chi connectivity index (χ4v) is 6.90. The first-order valence-electron chi connectivity index (χ1n) is 10.2. The van der Waals surface area contributed by atoms with Crippen molar-refractivity contribution in [1.82, 2.24) is 15.2 Å². The van der Waals surface area contributed by atoms with Crippen LogP contribution in [0.1, 0.15) is 54.1 Å². The highest BCUT2D eigenvalue weighted by molar-refractivity contribution is 7.11. The first-order chi connectivity index (χ1) is 12.7. The van der Waals surface area contributed by atoms with E-state index in [-0.39, 0.29) is 0 Å². The molecule has 5 nitrogen and oxygen atoms in total. The quantitative estimate of drug-likeness (QED) is 0.653. The fraction of sp³-hybridized carbons (Fsp3) is 0.800. The predicted molar refractivity (Wildman–Crippen MR) is 105 cm³/mol. The predicted octanol–water partition coefficient (Wildman–Crippen LogP) is 2.99. The second-order valence-electron chi connectivity index (χ2n) is 8.54. The minimum atomic E-state index is 0.387. The summed E-state index contributed by atoms with van der Waals surface area (Å²) in [5, 5.41) is 5.05. The molecular formula is C20H30N4OS. The van der Waals surface area contributed by atoms with Gasteiger partial charge in [-0.25, -0.2) is 4.98 Å². The lowest BCUT2D eigenvalue weighted by Crippen LogP contribution is -2.72. The third-order valence-electron chi connectivity index (χ3n) is 7.16. The number of rotatable bonds is 3. The van der Waals surface area contributed by atoms with Crippen LogP contribution in [0.5, 0.6) is 0 Å². The lowest BCUT2D eigenvalue weighted by atomic mass is 9.46. The standard InChI is InChI=1S/C20H30N4OS/c1-21-19(23-17-13-8-11-25-18(13)20(17)9-5-10-20)24(2)12-16-22-14-6-3-4-7-15(14)26-16/h13,17-18H,3-12H2,1-2H3,(H,21,23). The minimum Gasteiger partial charge on any atom is -0.377 e. The molecule has 3 fully saturated rings. The molecule has 4 aliphatic rings. The zero-order valence-corrected chi connectivity index (χ0v) is 16.8. The Balaban J connectivity index is 1.27. The van der Waals surface area contributed by atoms with Crippen molar-refractivity contribution in [2.75, 3.05) is 20.7 Å². The largest absolute Gasteiger partial charge is 0.377 e. The molecule has 3 atom stereocenters. The van der Waals surface area contributed by atoms with Crippen LogP contribution >= 0.6 is 11.3 Å². The Hall–Kier alpha value is -1.14. The van der Waals surface area contributed by atoms with E-state index in [1.54, 1.807) is 0 Å². The van der Waals surface area contributed by atoms with Gasteiger partial charge in [0, 0.05) is 43.0 Å². The number of aliphatic imine (C=N–C) groups is 1. The van der Waals surface area contributed by atoms with E-state index in [1.807, 2.05) is 18.4 Å². The number of aromatic nitrogens is 1. The van der Waals surface area contributed by atoms with Crippen molar-refractivity contribution in [3.05, 3.63) is 15.6 Å². The van der Waals surface area contributed by atoms with Crippen molar-refractivity contribution in [3.8, 4) is 0 Å². The molecule has 6 heteroatoms. The molecule has 2 heterocycles. The molecule has 0 amide bonds. The average Bonchev–Trinajstić information content (AvgIpc) is 3.18. The van der Waals surface area contributed by atoms with Gasteiger partial charge < -0.3 is 15.0 Å². The van der Waals surface area contributed by atoms with E-state index >= 15 is 0 Å². The zero-order valence-electron chi connectivity index (χ0n) is 16.0. The van der Waals surface area contributed by atoms with Crippen LogP contribution in [-0.4, -0.2) is 48.7 Å². The molecular weight excluding hydrogens is 344 g/mol. The van der Waals surface area contributed by atoms with Crippen LogP contribution in [0.4, 0.5) is 0 Å². The van der Waals surface area contributed by atoms with Crippen LogP contribution in [0.2, 0.25) is 0 Å². The third kappa shape index (κ3) is 2.52. The molecule has 0 bridgehead atoms. The van der Waals surface area contributed by atoms with E-state index in [4.69, 9.17) is 9.72 Å². The van der Waals surface area contributed by atoms with Crippen molar-refractivity contribution >= 4 is 17.3 Å². The summed E-state index contributed by atoms with van der Waals surface area (Å²) >= 11 is 1.91. The Labute approximate surface area is 160 Å². The highest BCUT2D eigenvalue weighted by atomic mass is 32.1. The smallest absolute Gasteiger partial charge is 0.194 e. The number of ether oxygens (including phenoxy) is 1. The molecule has 1 aliphatic heterocycles. The number of fused-ring (bicyclic) bond motifs is 3. The van der Waals surface area contributed by atoms with Gasteiger partial charge in [-0.05, 0) is 44.9 Å². The van der Waals surface area contributed by atoms with Crippen LogP contribution in [0, 0.1) is 11.3 Å². The summed E-state index contributed by atoms with van der Waals surface area (Å²) in [6.07, 6.45) is 10.7. The molecule has 1 saturated heterocycles. The molecule has 2 saturated carbocycles. The van der Waals surface area contributed by atoms with Crippen molar-refractivity contribution in [2.24, 2.45) is 16.3 Å². The van der Waals surface area contributed by atoms with Crippen LogP contribution in [0.25, 0.3) is 0 Å². The Morgan fingerprint density at radius 1 is 1.35 bits per heavy atom. The van der Waals surface area contributed by atoms with E-state index in [1.165, 1.54) is 60.5 Å². The summed E-state index contributed by atoms with van der Waals surface area (Å²) in [5.74, 6) is 1.69. The first kappa shape index (κ1) is 17.0. The number of guanidine groups is 1. The lowest BCUT2D eigenvalue weighted by molar-refractivity contribution is -0.171. The molecule has 5 rings (SSSR count). The topological polar surface area (TPSA) is 49.8 Å². The van der Waals surface area contributed by atoms with E-state index < -0.39 is 0 Å². The Morgan fingerprint density at radius 3 is 2.92 bits per heavy atom. The molecule has 26 heavy (non-hydrogen) atoms. The number of hydrogen-bond acceptors (Lipinski definition) is 4. The number of aryl methyl sites for hydroxylation is 2. The highest BCUT2D eigenvalue weighted by Gasteiger charge is 2.66. The van der Waals surface area contributed by atoms with Crippen molar-refractivity contribution < 1.29 is 4.74 Å². The van der Waals surface area contributed by atoms with E-state index in [0.29, 0.717) is 23.5 Å². The number of thiazole rings is 1. The zero-order chi connectivity index (χ0) is 17.7. The maximum Gasteiger partial charge on any atom is 0.194 e. The lowest BCUT2D eigenvalue weighted by Gasteiger charge is -2.63. The molecule has 1 aromatic heterocycles. The van der Waals surface area contributed by atoms with Gasteiger partial charge in [0.05, 0.1) is 18.3 Å². The van der Waals surface area contributed by atoms with Crippen molar-refractivity contribution in [1.29, 1.82) is 0 Å². The van der Waals surface area contributed by atoms with E-state index in [9.17, 15) is 0 Å². The Morgan fingerprint density at radius 2 is 2.19 bits per heavy atom. The summed E-state index contributed by atoms with van der Waals surface area (Å²) in [4.78, 5) is 13.3. The molecule has 3 unspecified atom stereocenters. The number of nitrogens with zero attached hydrogens (tertiary/aromatic N) is 3. The van der Waals surface area contributed by atoms with Gasteiger partial charge in [0.25, 0.3) is 0 Å². The third-order valence-corrected chi connectivity index (χ3v) is 8.30. The molecule has 1 aromatic rings. The van der Waals surface area contributed by atoms with Gasteiger partial charge in [0.15, 0.2) is 5.96 Å².